The number of carbonyl (C=O) groups is 1. The minimum absolute atomic E-state index is 0.00769. The number of hydrogen-bond donors (Lipinski definition) is 1. The van der Waals surface area contributed by atoms with Gasteiger partial charge >= 0.3 is 0 Å². The van der Waals surface area contributed by atoms with Crippen molar-refractivity contribution < 1.29 is 9.90 Å². The summed E-state index contributed by atoms with van der Waals surface area (Å²) in [6, 6.07) is 4.97. The van der Waals surface area contributed by atoms with Crippen molar-refractivity contribution in [1.29, 1.82) is 0 Å². The van der Waals surface area contributed by atoms with Crippen LogP contribution in [-0.4, -0.2) is 29.0 Å². The molecule has 3 nitrogen and oxygen atoms in total. The molecule has 98 valence electrons. The average molecular weight is 312 g/mol. The van der Waals surface area contributed by atoms with Crippen LogP contribution in [0, 0.1) is 5.41 Å². The van der Waals surface area contributed by atoms with Crippen LogP contribution in [-0.2, 0) is 0 Å². The molecule has 18 heavy (non-hydrogen) atoms. The number of aromatic hydroxyl groups is 1. The molecule has 1 saturated heterocycles. The molecule has 0 aromatic heterocycles. The number of likely N-dealkylation sites (tertiary alicyclic amines) is 1. The number of phenols is 1. The predicted molar refractivity (Wildman–Crippen MR) is 74.7 cm³/mol. The first kappa shape index (κ1) is 13.4. The third-order valence-electron chi connectivity index (χ3n) is 3.60. The Hall–Kier alpha value is -1.03. The highest BCUT2D eigenvalue weighted by Gasteiger charge is 2.28. The smallest absolute Gasteiger partial charge is 0.253 e. The molecule has 1 amide bonds. The maximum absolute atomic E-state index is 12.3. The Morgan fingerprint density at radius 1 is 1.33 bits per heavy atom. The quantitative estimate of drug-likeness (QED) is 0.863. The maximum Gasteiger partial charge on any atom is 0.253 e. The summed E-state index contributed by atoms with van der Waals surface area (Å²) < 4.78 is 0.610. The van der Waals surface area contributed by atoms with E-state index in [1.807, 2.05) is 4.90 Å². The molecule has 1 aromatic carbocycles. The van der Waals surface area contributed by atoms with E-state index in [-0.39, 0.29) is 11.7 Å². The minimum Gasteiger partial charge on any atom is -0.507 e. The molecule has 1 aliphatic heterocycles. The van der Waals surface area contributed by atoms with Crippen molar-refractivity contribution in [1.82, 2.24) is 4.90 Å². The predicted octanol–water partition coefficient (Wildman–Crippen LogP) is 3.42. The van der Waals surface area contributed by atoms with E-state index in [1.54, 1.807) is 12.1 Å². The van der Waals surface area contributed by atoms with Gasteiger partial charge in [0, 0.05) is 18.7 Å². The second kappa shape index (κ2) is 4.92. The summed E-state index contributed by atoms with van der Waals surface area (Å²) in [6.07, 6.45) is 2.06. The first-order valence-electron chi connectivity index (χ1n) is 6.17. The fourth-order valence-electron chi connectivity index (χ4n) is 2.14. The van der Waals surface area contributed by atoms with Crippen molar-refractivity contribution in [3.8, 4) is 5.75 Å². The van der Waals surface area contributed by atoms with Gasteiger partial charge in [0.05, 0.1) is 4.47 Å². The van der Waals surface area contributed by atoms with Crippen molar-refractivity contribution in [2.75, 3.05) is 13.1 Å². The van der Waals surface area contributed by atoms with E-state index in [1.165, 1.54) is 6.07 Å². The van der Waals surface area contributed by atoms with Crippen LogP contribution in [0.15, 0.2) is 22.7 Å². The Balaban J connectivity index is 2.10. The van der Waals surface area contributed by atoms with Gasteiger partial charge in [-0.1, -0.05) is 13.8 Å². The third-order valence-corrected chi connectivity index (χ3v) is 4.27. The Bertz CT molecular complexity index is 461. The summed E-state index contributed by atoms with van der Waals surface area (Å²) >= 11 is 3.21. The molecule has 0 atom stereocenters. The van der Waals surface area contributed by atoms with E-state index in [0.717, 1.165) is 25.9 Å². The lowest BCUT2D eigenvalue weighted by molar-refractivity contribution is 0.0630. The van der Waals surface area contributed by atoms with E-state index in [0.29, 0.717) is 15.5 Å². The minimum atomic E-state index is 0.00769. The second-order valence-electron chi connectivity index (χ2n) is 5.62. The zero-order chi connectivity index (χ0) is 13.3. The first-order valence-corrected chi connectivity index (χ1v) is 6.96. The van der Waals surface area contributed by atoms with Crippen molar-refractivity contribution in [2.45, 2.75) is 26.7 Å². The second-order valence-corrected chi connectivity index (χ2v) is 6.48. The number of rotatable bonds is 1. The molecule has 1 aliphatic rings. The van der Waals surface area contributed by atoms with Crippen molar-refractivity contribution in [3.05, 3.63) is 28.2 Å². The van der Waals surface area contributed by atoms with Crippen molar-refractivity contribution in [2.24, 2.45) is 5.41 Å². The van der Waals surface area contributed by atoms with Crippen LogP contribution in [0.25, 0.3) is 0 Å². The summed E-state index contributed by atoms with van der Waals surface area (Å²) in [5.41, 5.74) is 0.883. The number of amides is 1. The largest absolute Gasteiger partial charge is 0.507 e. The molecule has 1 fully saturated rings. The van der Waals surface area contributed by atoms with Crippen LogP contribution in [0.5, 0.6) is 5.75 Å². The van der Waals surface area contributed by atoms with E-state index >= 15 is 0 Å². The van der Waals surface area contributed by atoms with Gasteiger partial charge < -0.3 is 10.0 Å². The van der Waals surface area contributed by atoms with Crippen molar-refractivity contribution in [3.63, 3.8) is 0 Å². The number of benzene rings is 1. The van der Waals surface area contributed by atoms with E-state index in [4.69, 9.17) is 0 Å². The van der Waals surface area contributed by atoms with Gasteiger partial charge in [0.1, 0.15) is 5.75 Å². The Kier molecular flexibility index (Phi) is 3.66. The Labute approximate surface area is 116 Å². The number of halogens is 1. The zero-order valence-corrected chi connectivity index (χ0v) is 12.3. The summed E-state index contributed by atoms with van der Waals surface area (Å²) in [5.74, 6) is 0.117. The van der Waals surface area contributed by atoms with Crippen LogP contribution in [0.1, 0.15) is 37.0 Å². The summed E-state index contributed by atoms with van der Waals surface area (Å²) in [6.45, 7) is 6.06. The molecule has 0 aliphatic carbocycles. The van der Waals surface area contributed by atoms with Gasteiger partial charge in [-0.05, 0) is 52.4 Å². The highest BCUT2D eigenvalue weighted by atomic mass is 79.9. The highest BCUT2D eigenvalue weighted by molar-refractivity contribution is 9.10. The number of carbonyl (C=O) groups excluding carboxylic acids is 1. The summed E-state index contributed by atoms with van der Waals surface area (Å²) in [7, 11) is 0. The fraction of sp³-hybridized carbons (Fsp3) is 0.500. The SMILES string of the molecule is CC1(C)CCN(C(=O)c2ccc(Br)c(O)c2)CC1. The number of phenolic OH excluding ortho intramolecular Hbond substituents is 1. The van der Waals surface area contributed by atoms with E-state index < -0.39 is 0 Å². The molecule has 0 saturated carbocycles. The van der Waals surface area contributed by atoms with E-state index in [2.05, 4.69) is 29.8 Å². The molecule has 0 unspecified atom stereocenters. The lowest BCUT2D eigenvalue weighted by Gasteiger charge is -2.37. The molecule has 1 heterocycles. The van der Waals surface area contributed by atoms with Gasteiger partial charge in [0.15, 0.2) is 0 Å². The summed E-state index contributed by atoms with van der Waals surface area (Å²) in [4.78, 5) is 14.1. The van der Waals surface area contributed by atoms with Gasteiger partial charge in [-0.25, -0.2) is 0 Å². The fourth-order valence-corrected chi connectivity index (χ4v) is 2.39. The lowest BCUT2D eigenvalue weighted by Crippen LogP contribution is -2.41. The van der Waals surface area contributed by atoms with Crippen LogP contribution in [0.2, 0.25) is 0 Å². The molecule has 0 radical (unpaired) electrons. The standard InChI is InChI=1S/C14H18BrNO2/c1-14(2)5-7-16(8-6-14)13(18)10-3-4-11(15)12(17)9-10/h3-4,9,17H,5-8H2,1-2H3. The maximum atomic E-state index is 12.3. The van der Waals surface area contributed by atoms with Gasteiger partial charge in [0.2, 0.25) is 0 Å². The molecule has 0 spiro atoms. The highest BCUT2D eigenvalue weighted by Crippen LogP contribution is 2.31. The molecule has 2 rings (SSSR count). The van der Waals surface area contributed by atoms with Crippen molar-refractivity contribution >= 4 is 21.8 Å². The number of hydrogen-bond acceptors (Lipinski definition) is 2. The van der Waals surface area contributed by atoms with Gasteiger partial charge in [-0.2, -0.15) is 0 Å². The van der Waals surface area contributed by atoms with Gasteiger partial charge in [-0.15, -0.1) is 0 Å². The first-order chi connectivity index (χ1) is 8.39. The molecular weight excluding hydrogens is 294 g/mol. The lowest BCUT2D eigenvalue weighted by atomic mass is 9.82. The van der Waals surface area contributed by atoms with Crippen LogP contribution >= 0.6 is 15.9 Å². The van der Waals surface area contributed by atoms with Crippen LogP contribution < -0.4 is 0 Å². The molecule has 1 N–H and O–H groups in total. The van der Waals surface area contributed by atoms with Crippen LogP contribution in [0.3, 0.4) is 0 Å². The zero-order valence-electron chi connectivity index (χ0n) is 10.7. The molecule has 1 aromatic rings. The average Bonchev–Trinajstić information content (AvgIpc) is 2.32. The monoisotopic (exact) mass is 311 g/mol. The number of piperidine rings is 1. The Morgan fingerprint density at radius 2 is 1.94 bits per heavy atom. The van der Waals surface area contributed by atoms with Gasteiger partial charge in [-0.3, -0.25) is 4.79 Å². The normalized spacial score (nSPS) is 18.7. The molecular formula is C14H18BrNO2. The number of nitrogens with zero attached hydrogens (tertiary/aromatic N) is 1. The summed E-state index contributed by atoms with van der Waals surface area (Å²) in [5, 5.41) is 9.61. The van der Waals surface area contributed by atoms with Gasteiger partial charge in [0.25, 0.3) is 5.91 Å². The third kappa shape index (κ3) is 2.86. The topological polar surface area (TPSA) is 40.5 Å². The molecule has 4 heteroatoms. The molecule has 0 bridgehead atoms. The Morgan fingerprint density at radius 3 is 2.50 bits per heavy atom. The van der Waals surface area contributed by atoms with Crippen LogP contribution in [0.4, 0.5) is 0 Å². The van der Waals surface area contributed by atoms with E-state index in [9.17, 15) is 9.90 Å².